The lowest BCUT2D eigenvalue weighted by molar-refractivity contribution is -0.155. The zero-order valence-corrected chi connectivity index (χ0v) is 14.2. The normalized spacial score (nSPS) is 25.0. The van der Waals surface area contributed by atoms with Gasteiger partial charge in [-0.25, -0.2) is 13.6 Å². The van der Waals surface area contributed by atoms with Gasteiger partial charge < -0.3 is 15.0 Å². The molecule has 2 aliphatic heterocycles. The summed E-state index contributed by atoms with van der Waals surface area (Å²) in [7, 11) is 0. The van der Waals surface area contributed by atoms with E-state index in [0.717, 1.165) is 12.1 Å². The third kappa shape index (κ3) is 3.46. The average molecular weight is 370 g/mol. The van der Waals surface area contributed by atoms with Crippen LogP contribution in [-0.2, 0) is 19.1 Å². The molecule has 2 saturated heterocycles. The topological polar surface area (TPSA) is 75.7 Å². The van der Waals surface area contributed by atoms with E-state index in [1.54, 1.807) is 0 Å². The molecule has 9 heteroatoms. The van der Waals surface area contributed by atoms with Gasteiger partial charge in [0.25, 0.3) is 5.91 Å². The van der Waals surface area contributed by atoms with Crippen molar-refractivity contribution >= 4 is 35.2 Å². The van der Waals surface area contributed by atoms with E-state index in [4.69, 9.17) is 4.74 Å². The van der Waals surface area contributed by atoms with Crippen LogP contribution in [0, 0.1) is 11.6 Å². The van der Waals surface area contributed by atoms with Crippen molar-refractivity contribution in [3.8, 4) is 0 Å². The van der Waals surface area contributed by atoms with Gasteiger partial charge in [0.15, 0.2) is 18.2 Å². The van der Waals surface area contributed by atoms with E-state index in [0.29, 0.717) is 18.6 Å². The molecule has 2 aliphatic rings. The van der Waals surface area contributed by atoms with E-state index < -0.39 is 41.0 Å². The second-order valence-corrected chi connectivity index (χ2v) is 7.55. The van der Waals surface area contributed by atoms with Crippen molar-refractivity contribution in [3.05, 3.63) is 29.8 Å². The standard InChI is InChI=1S/C16H16F2N2O4S/c1-16-5-4-14(22)20(16)12(8-25-16)15(23)24-7-13(21)19-9-2-3-10(17)11(18)6-9/h2-3,6,12H,4-5,7-8H2,1H3,(H,19,21)/t12-,16-/m0/s1. The van der Waals surface area contributed by atoms with Crippen LogP contribution in [0.5, 0.6) is 0 Å². The molecule has 3 rings (SSSR count). The molecule has 134 valence electrons. The number of esters is 1. The van der Waals surface area contributed by atoms with Crippen molar-refractivity contribution in [1.82, 2.24) is 4.90 Å². The molecule has 25 heavy (non-hydrogen) atoms. The van der Waals surface area contributed by atoms with E-state index in [2.05, 4.69) is 5.32 Å². The second kappa shape index (κ2) is 6.62. The van der Waals surface area contributed by atoms with Gasteiger partial charge in [0, 0.05) is 23.9 Å². The fraction of sp³-hybridized carbons (Fsp3) is 0.438. The summed E-state index contributed by atoms with van der Waals surface area (Å²) >= 11 is 1.52. The maximum Gasteiger partial charge on any atom is 0.330 e. The van der Waals surface area contributed by atoms with Gasteiger partial charge in [-0.3, -0.25) is 9.59 Å². The highest BCUT2D eigenvalue weighted by Gasteiger charge is 2.53. The first-order chi connectivity index (χ1) is 11.8. The first-order valence-corrected chi connectivity index (χ1v) is 8.66. The summed E-state index contributed by atoms with van der Waals surface area (Å²) in [5, 5.41) is 2.31. The predicted octanol–water partition coefficient (Wildman–Crippen LogP) is 1.90. The molecule has 6 nitrogen and oxygen atoms in total. The molecule has 0 bridgehead atoms. The maximum atomic E-state index is 13.1. The van der Waals surface area contributed by atoms with Crippen LogP contribution >= 0.6 is 11.8 Å². The van der Waals surface area contributed by atoms with Crippen molar-refractivity contribution in [1.29, 1.82) is 0 Å². The zero-order valence-electron chi connectivity index (χ0n) is 13.4. The first-order valence-electron chi connectivity index (χ1n) is 7.68. The number of nitrogens with one attached hydrogen (secondary N) is 1. The number of amides is 2. The number of rotatable bonds is 4. The van der Waals surface area contributed by atoms with E-state index in [1.165, 1.54) is 22.7 Å². The summed E-state index contributed by atoms with van der Waals surface area (Å²) in [6, 6.07) is 2.20. The number of anilines is 1. The lowest BCUT2D eigenvalue weighted by Gasteiger charge is -2.29. The highest BCUT2D eigenvalue weighted by molar-refractivity contribution is 8.01. The number of carbonyl (C=O) groups is 3. The Balaban J connectivity index is 1.54. The van der Waals surface area contributed by atoms with Crippen LogP contribution in [-0.4, -0.2) is 46.0 Å². The maximum absolute atomic E-state index is 13.1. The molecule has 0 unspecified atom stereocenters. The Morgan fingerprint density at radius 1 is 1.40 bits per heavy atom. The minimum Gasteiger partial charge on any atom is -0.454 e. The number of benzene rings is 1. The van der Waals surface area contributed by atoms with Gasteiger partial charge in [-0.05, 0) is 25.5 Å². The van der Waals surface area contributed by atoms with Crippen LogP contribution in [0.4, 0.5) is 14.5 Å². The number of thioether (sulfide) groups is 1. The Hall–Kier alpha value is -2.16. The molecule has 0 spiro atoms. The van der Waals surface area contributed by atoms with Crippen molar-refractivity contribution < 1.29 is 27.9 Å². The van der Waals surface area contributed by atoms with Gasteiger partial charge >= 0.3 is 5.97 Å². The van der Waals surface area contributed by atoms with Gasteiger partial charge in [0.1, 0.15) is 6.04 Å². The molecule has 1 N–H and O–H groups in total. The number of fused-ring (bicyclic) bond motifs is 1. The Morgan fingerprint density at radius 3 is 2.88 bits per heavy atom. The van der Waals surface area contributed by atoms with Crippen LogP contribution in [0.25, 0.3) is 0 Å². The highest BCUT2D eigenvalue weighted by Crippen LogP contribution is 2.47. The molecule has 2 amide bonds. The fourth-order valence-corrected chi connectivity index (χ4v) is 4.42. The smallest absolute Gasteiger partial charge is 0.330 e. The lowest BCUT2D eigenvalue weighted by atomic mass is 10.2. The average Bonchev–Trinajstić information content (AvgIpc) is 3.05. The molecule has 2 atom stereocenters. The van der Waals surface area contributed by atoms with Gasteiger partial charge in [0.05, 0.1) is 4.87 Å². The largest absolute Gasteiger partial charge is 0.454 e. The van der Waals surface area contributed by atoms with E-state index in [-0.39, 0.29) is 11.6 Å². The number of halogens is 2. The predicted molar refractivity (Wildman–Crippen MR) is 86.7 cm³/mol. The summed E-state index contributed by atoms with van der Waals surface area (Å²) in [4.78, 5) is 37.1. The van der Waals surface area contributed by atoms with Gasteiger partial charge in [0.2, 0.25) is 5.91 Å². The van der Waals surface area contributed by atoms with Crippen LogP contribution < -0.4 is 5.32 Å². The molecular weight excluding hydrogens is 354 g/mol. The molecule has 0 saturated carbocycles. The molecule has 1 aromatic rings. The minimum atomic E-state index is -1.09. The summed E-state index contributed by atoms with van der Waals surface area (Å²) in [5.74, 6) is -3.12. The number of hydrogen-bond donors (Lipinski definition) is 1. The van der Waals surface area contributed by atoms with Crippen LogP contribution in [0.15, 0.2) is 18.2 Å². The Kier molecular flexibility index (Phi) is 4.68. The monoisotopic (exact) mass is 370 g/mol. The Morgan fingerprint density at radius 2 is 2.16 bits per heavy atom. The summed E-state index contributed by atoms with van der Waals surface area (Å²) in [6.45, 7) is 1.34. The SMILES string of the molecule is C[C@]12CCC(=O)N1[C@H](C(=O)OCC(=O)Nc1ccc(F)c(F)c1)CS2. The van der Waals surface area contributed by atoms with E-state index >= 15 is 0 Å². The minimum absolute atomic E-state index is 0.0543. The third-order valence-corrected chi connectivity index (χ3v) is 5.77. The van der Waals surface area contributed by atoms with E-state index in [1.807, 2.05) is 6.92 Å². The van der Waals surface area contributed by atoms with E-state index in [9.17, 15) is 23.2 Å². The van der Waals surface area contributed by atoms with Crippen LogP contribution in [0.3, 0.4) is 0 Å². The molecule has 1 aromatic carbocycles. The van der Waals surface area contributed by atoms with Gasteiger partial charge in [-0.15, -0.1) is 11.8 Å². The summed E-state index contributed by atoms with van der Waals surface area (Å²) < 4.78 is 30.9. The summed E-state index contributed by atoms with van der Waals surface area (Å²) in [5.41, 5.74) is 0.0543. The summed E-state index contributed by atoms with van der Waals surface area (Å²) in [6.07, 6.45) is 1.07. The quantitative estimate of drug-likeness (QED) is 0.820. The van der Waals surface area contributed by atoms with Crippen LogP contribution in [0.1, 0.15) is 19.8 Å². The Labute approximate surface area is 146 Å². The number of hydrogen-bond acceptors (Lipinski definition) is 5. The number of carbonyl (C=O) groups excluding carboxylic acids is 3. The molecule has 2 heterocycles. The van der Waals surface area contributed by atoms with Crippen LogP contribution in [0.2, 0.25) is 0 Å². The molecule has 0 radical (unpaired) electrons. The third-order valence-electron chi connectivity index (χ3n) is 4.27. The molecule has 2 fully saturated rings. The van der Waals surface area contributed by atoms with Crippen molar-refractivity contribution in [2.75, 3.05) is 17.7 Å². The molecule has 0 aromatic heterocycles. The second-order valence-electron chi connectivity index (χ2n) is 6.05. The number of nitrogens with zero attached hydrogens (tertiary/aromatic N) is 1. The number of ether oxygens (including phenoxy) is 1. The first kappa shape index (κ1) is 17.7. The van der Waals surface area contributed by atoms with Crippen molar-refractivity contribution in [2.45, 2.75) is 30.7 Å². The van der Waals surface area contributed by atoms with Gasteiger partial charge in [-0.2, -0.15) is 0 Å². The molecular formula is C16H16F2N2O4S. The molecule has 0 aliphatic carbocycles. The zero-order chi connectivity index (χ0) is 18.2. The highest BCUT2D eigenvalue weighted by atomic mass is 32.2. The van der Waals surface area contributed by atoms with Crippen molar-refractivity contribution in [2.24, 2.45) is 0 Å². The lowest BCUT2D eigenvalue weighted by Crippen LogP contribution is -2.47. The fourth-order valence-electron chi connectivity index (χ4n) is 3.00. The Bertz CT molecular complexity index is 745. The van der Waals surface area contributed by atoms with Gasteiger partial charge in [-0.1, -0.05) is 0 Å². The van der Waals surface area contributed by atoms with Crippen molar-refractivity contribution in [3.63, 3.8) is 0 Å².